The van der Waals surface area contributed by atoms with Crippen molar-refractivity contribution in [2.45, 2.75) is 26.3 Å². The van der Waals surface area contributed by atoms with Crippen molar-refractivity contribution in [3.05, 3.63) is 48.2 Å². The van der Waals surface area contributed by atoms with E-state index in [1.807, 2.05) is 13.0 Å². The van der Waals surface area contributed by atoms with Crippen LogP contribution in [0.3, 0.4) is 0 Å². The number of benzene rings is 1. The molecule has 0 radical (unpaired) electrons. The third-order valence-electron chi connectivity index (χ3n) is 1.88. The highest BCUT2D eigenvalue weighted by Gasteiger charge is 2.00. The summed E-state index contributed by atoms with van der Waals surface area (Å²) in [7, 11) is 0. The van der Waals surface area contributed by atoms with Crippen molar-refractivity contribution in [3.63, 3.8) is 0 Å². The molecule has 0 heterocycles. The quantitative estimate of drug-likeness (QED) is 0.742. The lowest BCUT2D eigenvalue weighted by molar-refractivity contribution is 0.612. The summed E-state index contributed by atoms with van der Waals surface area (Å²) in [5.74, 6) is 0. The molecule has 1 aromatic rings. The molecule has 0 fully saturated rings. The molecule has 1 atom stereocenters. The first-order valence-corrected chi connectivity index (χ1v) is 4.64. The lowest BCUT2D eigenvalue weighted by Gasteiger charge is -2.14. The van der Waals surface area contributed by atoms with Crippen molar-refractivity contribution >= 4 is 0 Å². The van der Waals surface area contributed by atoms with Crippen LogP contribution in [0.4, 0.5) is 0 Å². The van der Waals surface area contributed by atoms with E-state index in [-0.39, 0.29) is 0 Å². The number of hydrogen-bond donors (Lipinski definition) is 1. The first-order chi connectivity index (χ1) is 6.18. The number of hydrogen-bond acceptors (Lipinski definition) is 1. The predicted octanol–water partition coefficient (Wildman–Crippen LogP) is 2.74. The van der Waals surface area contributed by atoms with Gasteiger partial charge in [0.25, 0.3) is 0 Å². The van der Waals surface area contributed by atoms with Crippen LogP contribution in [0, 0.1) is 0 Å². The Balaban J connectivity index is 2.45. The molecule has 1 N–H and O–H groups in total. The maximum atomic E-state index is 3.83. The molecular formula is C12H17N. The van der Waals surface area contributed by atoms with Crippen LogP contribution >= 0.6 is 0 Å². The highest BCUT2D eigenvalue weighted by Crippen LogP contribution is 2.03. The average Bonchev–Trinajstić information content (AvgIpc) is 2.04. The van der Waals surface area contributed by atoms with E-state index in [4.69, 9.17) is 0 Å². The van der Waals surface area contributed by atoms with Gasteiger partial charge in [0, 0.05) is 11.7 Å². The summed E-state index contributed by atoms with van der Waals surface area (Å²) in [5, 5.41) is 3.30. The van der Waals surface area contributed by atoms with Crippen LogP contribution in [0.5, 0.6) is 0 Å². The van der Waals surface area contributed by atoms with Gasteiger partial charge >= 0.3 is 0 Å². The van der Waals surface area contributed by atoms with Crippen LogP contribution in [0.2, 0.25) is 0 Å². The summed E-state index contributed by atoms with van der Waals surface area (Å²) in [4.78, 5) is 0. The summed E-state index contributed by atoms with van der Waals surface area (Å²) in [6.07, 6.45) is 1.05. The van der Waals surface area contributed by atoms with Gasteiger partial charge in [-0.2, -0.15) is 0 Å². The van der Waals surface area contributed by atoms with Crippen molar-refractivity contribution < 1.29 is 0 Å². The van der Waals surface area contributed by atoms with Gasteiger partial charge in [-0.15, -0.1) is 0 Å². The van der Waals surface area contributed by atoms with Gasteiger partial charge < -0.3 is 5.32 Å². The lowest BCUT2D eigenvalue weighted by Crippen LogP contribution is -2.25. The largest absolute Gasteiger partial charge is 0.386 e. The Morgan fingerprint density at radius 2 is 2.00 bits per heavy atom. The minimum atomic E-state index is 0.458. The van der Waals surface area contributed by atoms with Gasteiger partial charge in [0.1, 0.15) is 0 Å². The molecule has 0 aliphatic heterocycles. The molecule has 70 valence electrons. The second-order valence-electron chi connectivity index (χ2n) is 3.52. The minimum absolute atomic E-state index is 0.458. The molecule has 0 saturated carbocycles. The Bertz CT molecular complexity index is 264. The highest BCUT2D eigenvalue weighted by atomic mass is 14.9. The smallest absolute Gasteiger partial charge is 0.0270 e. The Morgan fingerprint density at radius 3 is 2.54 bits per heavy atom. The summed E-state index contributed by atoms with van der Waals surface area (Å²) in [5.41, 5.74) is 2.40. The van der Waals surface area contributed by atoms with Gasteiger partial charge in [-0.3, -0.25) is 0 Å². The molecule has 0 aromatic heterocycles. The average molecular weight is 175 g/mol. The third kappa shape index (κ3) is 3.79. The molecule has 13 heavy (non-hydrogen) atoms. The van der Waals surface area contributed by atoms with Crippen molar-refractivity contribution in [1.29, 1.82) is 0 Å². The standard InChI is InChI=1S/C12H17N/c1-10(2)13-11(3)9-12-7-5-4-6-8-12/h4-8,11,13H,1,9H2,2-3H3. The topological polar surface area (TPSA) is 12.0 Å². The van der Waals surface area contributed by atoms with Crippen LogP contribution in [0.25, 0.3) is 0 Å². The molecule has 0 aliphatic rings. The van der Waals surface area contributed by atoms with Gasteiger partial charge in [-0.25, -0.2) is 0 Å². The van der Waals surface area contributed by atoms with Gasteiger partial charge in [0.15, 0.2) is 0 Å². The number of rotatable bonds is 4. The van der Waals surface area contributed by atoms with Crippen LogP contribution in [0.15, 0.2) is 42.6 Å². The second kappa shape index (κ2) is 4.70. The van der Waals surface area contributed by atoms with Gasteiger partial charge in [0.2, 0.25) is 0 Å². The monoisotopic (exact) mass is 175 g/mol. The van der Waals surface area contributed by atoms with Gasteiger partial charge in [-0.1, -0.05) is 36.9 Å². The van der Waals surface area contributed by atoms with Gasteiger partial charge in [-0.05, 0) is 25.8 Å². The first kappa shape index (κ1) is 9.85. The minimum Gasteiger partial charge on any atom is -0.386 e. The van der Waals surface area contributed by atoms with E-state index in [9.17, 15) is 0 Å². The zero-order valence-electron chi connectivity index (χ0n) is 8.38. The van der Waals surface area contributed by atoms with E-state index in [1.54, 1.807) is 0 Å². The molecule has 0 amide bonds. The summed E-state index contributed by atoms with van der Waals surface area (Å²) in [6, 6.07) is 10.9. The lowest BCUT2D eigenvalue weighted by atomic mass is 10.1. The first-order valence-electron chi connectivity index (χ1n) is 4.64. The molecule has 1 aromatic carbocycles. The Labute approximate surface area is 80.5 Å². The SMILES string of the molecule is C=C(C)NC(C)Cc1ccccc1. The molecule has 1 rings (SSSR count). The maximum Gasteiger partial charge on any atom is 0.0270 e. The Hall–Kier alpha value is -1.24. The molecule has 0 aliphatic carbocycles. The van der Waals surface area contributed by atoms with E-state index < -0.39 is 0 Å². The summed E-state index contributed by atoms with van der Waals surface area (Å²) >= 11 is 0. The molecule has 0 bridgehead atoms. The summed E-state index contributed by atoms with van der Waals surface area (Å²) < 4.78 is 0. The summed E-state index contributed by atoms with van der Waals surface area (Å²) in [6.45, 7) is 7.98. The molecule has 0 saturated heterocycles. The second-order valence-corrected chi connectivity index (χ2v) is 3.52. The van der Waals surface area contributed by atoms with E-state index >= 15 is 0 Å². The fraction of sp³-hybridized carbons (Fsp3) is 0.333. The Kier molecular flexibility index (Phi) is 3.56. The zero-order chi connectivity index (χ0) is 9.68. The van der Waals surface area contributed by atoms with Crippen molar-refractivity contribution in [1.82, 2.24) is 5.32 Å². The van der Waals surface area contributed by atoms with Crippen LogP contribution < -0.4 is 5.32 Å². The van der Waals surface area contributed by atoms with Crippen molar-refractivity contribution in [3.8, 4) is 0 Å². The molecule has 1 heteroatoms. The number of nitrogens with one attached hydrogen (secondary N) is 1. The van der Waals surface area contributed by atoms with Crippen molar-refractivity contribution in [2.75, 3.05) is 0 Å². The van der Waals surface area contributed by atoms with Crippen molar-refractivity contribution in [2.24, 2.45) is 0 Å². The number of allylic oxidation sites excluding steroid dienone is 1. The predicted molar refractivity (Wildman–Crippen MR) is 57.6 cm³/mol. The third-order valence-corrected chi connectivity index (χ3v) is 1.88. The zero-order valence-corrected chi connectivity index (χ0v) is 8.38. The van der Waals surface area contributed by atoms with Gasteiger partial charge in [0.05, 0.1) is 0 Å². The molecule has 1 nitrogen and oxygen atoms in total. The Morgan fingerprint density at radius 1 is 1.38 bits per heavy atom. The molecule has 1 unspecified atom stereocenters. The fourth-order valence-electron chi connectivity index (χ4n) is 1.44. The van der Waals surface area contributed by atoms with E-state index in [0.717, 1.165) is 12.1 Å². The molecule has 0 spiro atoms. The maximum absolute atomic E-state index is 3.83. The fourth-order valence-corrected chi connectivity index (χ4v) is 1.44. The van der Waals surface area contributed by atoms with Crippen LogP contribution in [0.1, 0.15) is 19.4 Å². The van der Waals surface area contributed by atoms with E-state index in [2.05, 4.69) is 43.1 Å². The normalized spacial score (nSPS) is 12.2. The highest BCUT2D eigenvalue weighted by molar-refractivity contribution is 5.15. The van der Waals surface area contributed by atoms with Crippen LogP contribution in [-0.2, 0) is 6.42 Å². The van der Waals surface area contributed by atoms with Crippen LogP contribution in [-0.4, -0.2) is 6.04 Å². The van der Waals surface area contributed by atoms with E-state index in [0.29, 0.717) is 6.04 Å². The molecular weight excluding hydrogens is 158 g/mol. The van der Waals surface area contributed by atoms with E-state index in [1.165, 1.54) is 5.56 Å².